The molecule has 0 spiro atoms. The topological polar surface area (TPSA) is 105 Å². The molecule has 1 unspecified atom stereocenters. The van der Waals surface area contributed by atoms with Gasteiger partial charge in [0.2, 0.25) is 5.91 Å². The minimum Gasteiger partial charge on any atom is -0.474 e. The normalized spacial score (nSPS) is 19.3. The molecule has 0 bridgehead atoms. The summed E-state index contributed by atoms with van der Waals surface area (Å²) in [5, 5.41) is 14.0. The summed E-state index contributed by atoms with van der Waals surface area (Å²) in [4.78, 5) is 34.5. The second kappa shape index (κ2) is 6.93. The number of carbonyl (C=O) groups is 3. The maximum Gasteiger partial charge on any atom is 0.394 e. The van der Waals surface area contributed by atoms with Gasteiger partial charge in [-0.05, 0) is 56.0 Å². The lowest BCUT2D eigenvalue weighted by Crippen LogP contribution is -2.34. The second-order valence-corrected chi connectivity index (χ2v) is 8.05. The SMILES string of the molecule is CC12CCCc3c(Oc4c(Cl)cc(NC(=O)C(=O)O)cc4Cl)ccc(c31)NC2=O. The maximum atomic E-state index is 12.5. The van der Waals surface area contributed by atoms with Crippen LogP contribution in [-0.2, 0) is 26.2 Å². The smallest absolute Gasteiger partial charge is 0.394 e. The van der Waals surface area contributed by atoms with Crippen molar-refractivity contribution in [2.75, 3.05) is 10.6 Å². The number of benzene rings is 2. The number of hydrogen-bond acceptors (Lipinski definition) is 4. The molecule has 0 aromatic heterocycles. The zero-order valence-corrected chi connectivity index (χ0v) is 16.8. The Balaban J connectivity index is 1.70. The van der Waals surface area contributed by atoms with E-state index in [9.17, 15) is 14.4 Å². The fraction of sp³-hybridized carbons (Fsp3) is 0.250. The van der Waals surface area contributed by atoms with Crippen LogP contribution in [0.25, 0.3) is 0 Å². The number of nitrogens with one attached hydrogen (secondary N) is 2. The third-order valence-electron chi connectivity index (χ3n) is 5.34. The first-order chi connectivity index (χ1) is 13.7. The van der Waals surface area contributed by atoms with Crippen LogP contribution < -0.4 is 15.4 Å². The molecular formula is C20H16Cl2N2O5. The third-order valence-corrected chi connectivity index (χ3v) is 5.90. The zero-order chi connectivity index (χ0) is 20.9. The summed E-state index contributed by atoms with van der Waals surface area (Å²) in [6, 6.07) is 6.28. The van der Waals surface area contributed by atoms with Crippen molar-refractivity contribution in [2.45, 2.75) is 31.6 Å². The summed E-state index contributed by atoms with van der Waals surface area (Å²) in [7, 11) is 0. The van der Waals surface area contributed by atoms with Crippen molar-refractivity contribution in [3.05, 3.63) is 45.4 Å². The summed E-state index contributed by atoms with van der Waals surface area (Å²) >= 11 is 12.6. The molecular weight excluding hydrogens is 419 g/mol. The van der Waals surface area contributed by atoms with Crippen molar-refractivity contribution in [1.82, 2.24) is 0 Å². The molecule has 2 amide bonds. The van der Waals surface area contributed by atoms with Crippen LogP contribution in [0.2, 0.25) is 10.0 Å². The fourth-order valence-electron chi connectivity index (χ4n) is 3.96. The number of halogens is 2. The van der Waals surface area contributed by atoms with Crippen molar-refractivity contribution in [3.8, 4) is 11.5 Å². The quantitative estimate of drug-likeness (QED) is 0.622. The maximum absolute atomic E-state index is 12.5. The summed E-state index contributed by atoms with van der Waals surface area (Å²) in [5.74, 6) is -2.11. The number of carboxylic acid groups (broad SMARTS) is 1. The largest absolute Gasteiger partial charge is 0.474 e. The molecule has 0 radical (unpaired) electrons. The lowest BCUT2D eigenvalue weighted by Gasteiger charge is -2.30. The van der Waals surface area contributed by atoms with E-state index < -0.39 is 17.3 Å². The summed E-state index contributed by atoms with van der Waals surface area (Å²) in [6.07, 6.45) is 2.37. The molecule has 150 valence electrons. The monoisotopic (exact) mass is 434 g/mol. The van der Waals surface area contributed by atoms with Crippen LogP contribution in [0.3, 0.4) is 0 Å². The van der Waals surface area contributed by atoms with Crippen LogP contribution in [0.1, 0.15) is 30.9 Å². The summed E-state index contributed by atoms with van der Waals surface area (Å²) < 4.78 is 6.03. The number of carbonyl (C=O) groups excluding carboxylic acids is 2. The molecule has 4 rings (SSSR count). The number of rotatable bonds is 3. The predicted octanol–water partition coefficient (Wildman–Crippen LogP) is 4.35. The van der Waals surface area contributed by atoms with Gasteiger partial charge in [-0.3, -0.25) is 9.59 Å². The first-order valence-electron chi connectivity index (χ1n) is 8.89. The van der Waals surface area contributed by atoms with Gasteiger partial charge in [-0.1, -0.05) is 23.2 Å². The molecule has 2 aromatic carbocycles. The molecule has 3 N–H and O–H groups in total. The van der Waals surface area contributed by atoms with Crippen molar-refractivity contribution in [1.29, 1.82) is 0 Å². The highest BCUT2D eigenvalue weighted by Crippen LogP contribution is 2.50. The molecule has 1 atom stereocenters. The van der Waals surface area contributed by atoms with E-state index in [1.165, 1.54) is 12.1 Å². The summed E-state index contributed by atoms with van der Waals surface area (Å²) in [5.41, 5.74) is 2.23. The first-order valence-corrected chi connectivity index (χ1v) is 9.65. The van der Waals surface area contributed by atoms with Gasteiger partial charge in [-0.2, -0.15) is 0 Å². The van der Waals surface area contributed by atoms with Crippen molar-refractivity contribution in [2.24, 2.45) is 0 Å². The number of anilines is 2. The van der Waals surface area contributed by atoms with Gasteiger partial charge in [0, 0.05) is 16.9 Å². The number of amides is 2. The molecule has 29 heavy (non-hydrogen) atoms. The molecule has 0 fully saturated rings. The average Bonchev–Trinajstić information content (AvgIpc) is 2.91. The van der Waals surface area contributed by atoms with Gasteiger partial charge in [0.05, 0.1) is 15.5 Å². The third kappa shape index (κ3) is 3.20. The van der Waals surface area contributed by atoms with E-state index in [0.29, 0.717) is 5.75 Å². The Kier molecular flexibility index (Phi) is 4.67. The minimum absolute atomic E-state index is 0.0137. The first kappa shape index (κ1) is 19.5. The lowest BCUT2D eigenvalue weighted by atomic mass is 9.72. The molecule has 1 aliphatic carbocycles. The van der Waals surface area contributed by atoms with E-state index in [1.54, 1.807) is 12.1 Å². The van der Waals surface area contributed by atoms with E-state index in [0.717, 1.165) is 36.1 Å². The van der Waals surface area contributed by atoms with Crippen molar-refractivity contribution in [3.63, 3.8) is 0 Å². The Bertz CT molecular complexity index is 1060. The molecule has 0 saturated heterocycles. The van der Waals surface area contributed by atoms with E-state index in [2.05, 4.69) is 10.6 Å². The molecule has 1 aliphatic heterocycles. The van der Waals surface area contributed by atoms with Crippen LogP contribution in [-0.4, -0.2) is 22.9 Å². The molecule has 2 aromatic rings. The standard InChI is InChI=1S/C20H16Cl2N2O5/c1-20-6-2-3-10-14(5-4-13(15(10)20)24-19(20)28)29-16-11(21)7-9(8-12(16)22)23-17(25)18(26)27/h4-5,7-8H,2-3,6H2,1H3,(H,23,25)(H,24,28)(H,26,27). The Morgan fingerprint density at radius 3 is 2.59 bits per heavy atom. The second-order valence-electron chi connectivity index (χ2n) is 7.23. The van der Waals surface area contributed by atoms with Gasteiger partial charge in [0.1, 0.15) is 5.75 Å². The summed E-state index contributed by atoms with van der Waals surface area (Å²) in [6.45, 7) is 1.93. The molecule has 7 nitrogen and oxygen atoms in total. The molecule has 1 heterocycles. The van der Waals surface area contributed by atoms with Crippen molar-refractivity contribution < 1.29 is 24.2 Å². The molecule has 0 saturated carbocycles. The molecule has 2 aliphatic rings. The van der Waals surface area contributed by atoms with E-state index >= 15 is 0 Å². The fourth-order valence-corrected chi connectivity index (χ4v) is 4.53. The Labute approximate surface area is 175 Å². The lowest BCUT2D eigenvalue weighted by molar-refractivity contribution is -0.147. The van der Waals surface area contributed by atoms with Gasteiger partial charge in [0.25, 0.3) is 0 Å². The van der Waals surface area contributed by atoms with Gasteiger partial charge < -0.3 is 20.5 Å². The average molecular weight is 435 g/mol. The molecule has 9 heteroatoms. The van der Waals surface area contributed by atoms with Crippen LogP contribution in [0.5, 0.6) is 11.5 Å². The Hall–Kier alpha value is -2.77. The van der Waals surface area contributed by atoms with E-state index in [1.807, 2.05) is 6.92 Å². The zero-order valence-electron chi connectivity index (χ0n) is 15.3. The van der Waals surface area contributed by atoms with Gasteiger partial charge in [-0.15, -0.1) is 0 Å². The van der Waals surface area contributed by atoms with Crippen LogP contribution in [0, 0.1) is 0 Å². The highest BCUT2D eigenvalue weighted by molar-refractivity contribution is 6.39. The number of hydrogen-bond donors (Lipinski definition) is 3. The number of ether oxygens (including phenoxy) is 1. The Morgan fingerprint density at radius 1 is 1.24 bits per heavy atom. The minimum atomic E-state index is -1.62. The van der Waals surface area contributed by atoms with Crippen LogP contribution >= 0.6 is 23.2 Å². The van der Waals surface area contributed by atoms with Gasteiger partial charge in [-0.25, -0.2) is 4.79 Å². The number of aliphatic carboxylic acids is 1. The number of carboxylic acids is 1. The van der Waals surface area contributed by atoms with E-state index in [-0.39, 0.29) is 27.4 Å². The van der Waals surface area contributed by atoms with Gasteiger partial charge >= 0.3 is 11.9 Å². The van der Waals surface area contributed by atoms with Crippen LogP contribution in [0.4, 0.5) is 11.4 Å². The van der Waals surface area contributed by atoms with Crippen molar-refractivity contribution >= 4 is 52.4 Å². The highest BCUT2D eigenvalue weighted by atomic mass is 35.5. The van der Waals surface area contributed by atoms with Gasteiger partial charge in [0.15, 0.2) is 5.75 Å². The van der Waals surface area contributed by atoms with E-state index in [4.69, 9.17) is 33.0 Å². The van der Waals surface area contributed by atoms with Crippen LogP contribution in [0.15, 0.2) is 24.3 Å². The predicted molar refractivity (Wildman–Crippen MR) is 108 cm³/mol. The Morgan fingerprint density at radius 2 is 1.93 bits per heavy atom. The highest BCUT2D eigenvalue weighted by Gasteiger charge is 2.46.